The maximum Gasteiger partial charge on any atom is 0.310 e. The number of rotatable bonds is 3. The number of carbonyl (C=O) groups is 1. The smallest absolute Gasteiger partial charge is 0.310 e. The Kier molecular flexibility index (Phi) is 3.20. The van der Waals surface area contributed by atoms with Gasteiger partial charge in [0, 0.05) is 28.5 Å². The summed E-state index contributed by atoms with van der Waals surface area (Å²) in [6.07, 6.45) is 3.67. The highest BCUT2D eigenvalue weighted by Crippen LogP contribution is 2.30. The van der Waals surface area contributed by atoms with E-state index >= 15 is 0 Å². The summed E-state index contributed by atoms with van der Waals surface area (Å²) in [6, 6.07) is 7.28. The number of aromatic nitrogens is 1. The largest absolute Gasteiger partial charge is 0.481 e. The van der Waals surface area contributed by atoms with Crippen LogP contribution in [0.4, 0.5) is 0 Å². The van der Waals surface area contributed by atoms with E-state index in [4.69, 9.17) is 16.7 Å². The number of H-pyrrole nitrogens is 1. The van der Waals surface area contributed by atoms with Gasteiger partial charge in [-0.15, -0.1) is 0 Å². The number of aliphatic carboxylic acids is 1. The van der Waals surface area contributed by atoms with E-state index in [1.165, 1.54) is 0 Å². The van der Waals surface area contributed by atoms with Crippen molar-refractivity contribution >= 4 is 17.6 Å². The van der Waals surface area contributed by atoms with E-state index in [9.17, 15) is 4.79 Å². The average Bonchev–Trinajstić information content (AvgIpc) is 2.81. The van der Waals surface area contributed by atoms with E-state index in [1.54, 1.807) is 19.1 Å². The van der Waals surface area contributed by atoms with Gasteiger partial charge in [0.25, 0.3) is 0 Å². The highest BCUT2D eigenvalue weighted by Gasteiger charge is 2.15. The van der Waals surface area contributed by atoms with E-state index in [1.807, 2.05) is 24.5 Å². The first-order valence-electron chi connectivity index (χ1n) is 5.25. The number of carboxylic acids is 1. The highest BCUT2D eigenvalue weighted by molar-refractivity contribution is 6.33. The van der Waals surface area contributed by atoms with E-state index in [-0.39, 0.29) is 0 Å². The molecule has 2 rings (SSSR count). The summed E-state index contributed by atoms with van der Waals surface area (Å²) in [5, 5.41) is 9.50. The molecule has 0 aliphatic carbocycles. The molecule has 2 aromatic rings. The fraction of sp³-hybridized carbons (Fsp3) is 0.154. The molecular formula is C13H12ClNO2. The maximum atomic E-state index is 10.9. The van der Waals surface area contributed by atoms with Crippen LogP contribution in [-0.4, -0.2) is 16.1 Å². The van der Waals surface area contributed by atoms with Crippen LogP contribution in [0.25, 0.3) is 11.1 Å². The summed E-state index contributed by atoms with van der Waals surface area (Å²) in [5.74, 6) is -1.40. The first-order chi connectivity index (χ1) is 8.09. The molecule has 88 valence electrons. The second kappa shape index (κ2) is 4.63. The maximum absolute atomic E-state index is 10.9. The molecule has 4 heteroatoms. The van der Waals surface area contributed by atoms with Gasteiger partial charge in [0.05, 0.1) is 5.92 Å². The monoisotopic (exact) mass is 249 g/mol. The Balaban J connectivity index is 2.39. The summed E-state index contributed by atoms with van der Waals surface area (Å²) in [5.41, 5.74) is 2.60. The van der Waals surface area contributed by atoms with Crippen LogP contribution in [0.3, 0.4) is 0 Å². The highest BCUT2D eigenvalue weighted by atomic mass is 35.5. The first-order valence-corrected chi connectivity index (χ1v) is 5.63. The van der Waals surface area contributed by atoms with Crippen LogP contribution in [-0.2, 0) is 4.79 Å². The van der Waals surface area contributed by atoms with Crippen LogP contribution in [0.2, 0.25) is 5.02 Å². The van der Waals surface area contributed by atoms with Gasteiger partial charge in [-0.1, -0.05) is 23.7 Å². The van der Waals surface area contributed by atoms with Crippen molar-refractivity contribution in [3.63, 3.8) is 0 Å². The molecule has 0 fully saturated rings. The molecule has 1 unspecified atom stereocenters. The zero-order valence-electron chi connectivity index (χ0n) is 9.27. The lowest BCUT2D eigenvalue weighted by molar-refractivity contribution is -0.138. The number of carboxylic acid groups (broad SMARTS) is 1. The fourth-order valence-corrected chi connectivity index (χ4v) is 1.97. The molecule has 0 radical (unpaired) electrons. The van der Waals surface area contributed by atoms with E-state index in [0.717, 1.165) is 11.1 Å². The Morgan fingerprint density at radius 3 is 2.71 bits per heavy atom. The lowest BCUT2D eigenvalue weighted by Crippen LogP contribution is -2.07. The van der Waals surface area contributed by atoms with Crippen LogP contribution in [0, 0.1) is 0 Å². The molecule has 0 amide bonds. The molecule has 0 aliphatic rings. The van der Waals surface area contributed by atoms with E-state index in [2.05, 4.69) is 4.98 Å². The lowest BCUT2D eigenvalue weighted by atomic mass is 9.98. The first kappa shape index (κ1) is 11.7. The molecule has 0 saturated heterocycles. The van der Waals surface area contributed by atoms with Gasteiger partial charge in [-0.25, -0.2) is 0 Å². The Labute approximate surface area is 104 Å². The zero-order valence-corrected chi connectivity index (χ0v) is 10.0. The van der Waals surface area contributed by atoms with Crippen molar-refractivity contribution in [2.45, 2.75) is 12.8 Å². The van der Waals surface area contributed by atoms with Crippen molar-refractivity contribution in [1.29, 1.82) is 0 Å². The summed E-state index contributed by atoms with van der Waals surface area (Å²) in [7, 11) is 0. The van der Waals surface area contributed by atoms with E-state index < -0.39 is 11.9 Å². The third-order valence-electron chi connectivity index (χ3n) is 2.77. The minimum atomic E-state index is -0.851. The zero-order chi connectivity index (χ0) is 12.4. The van der Waals surface area contributed by atoms with Gasteiger partial charge in [-0.3, -0.25) is 4.79 Å². The number of halogens is 1. The Hall–Kier alpha value is -1.74. The van der Waals surface area contributed by atoms with Gasteiger partial charge in [-0.05, 0) is 24.6 Å². The predicted octanol–water partition coefficient (Wildman–Crippen LogP) is 3.52. The third kappa shape index (κ3) is 2.34. The summed E-state index contributed by atoms with van der Waals surface area (Å²) in [4.78, 5) is 13.8. The van der Waals surface area contributed by atoms with Crippen molar-refractivity contribution in [2.24, 2.45) is 0 Å². The Morgan fingerprint density at radius 1 is 1.41 bits per heavy atom. The van der Waals surface area contributed by atoms with Crippen molar-refractivity contribution in [1.82, 2.24) is 4.98 Å². The summed E-state index contributed by atoms with van der Waals surface area (Å²) >= 11 is 6.16. The topological polar surface area (TPSA) is 53.1 Å². The van der Waals surface area contributed by atoms with Crippen molar-refractivity contribution in [3.05, 3.63) is 47.2 Å². The minimum absolute atomic E-state index is 0.548. The normalized spacial score (nSPS) is 12.4. The SMILES string of the molecule is CC(C(=O)O)c1ccc(-c2cc[nH]c2)c(Cl)c1. The lowest BCUT2D eigenvalue weighted by Gasteiger charge is -2.09. The average molecular weight is 250 g/mol. The quantitative estimate of drug-likeness (QED) is 0.874. The molecule has 1 heterocycles. The number of hydrogen-bond acceptors (Lipinski definition) is 1. The number of nitrogens with one attached hydrogen (secondary N) is 1. The van der Waals surface area contributed by atoms with Gasteiger partial charge in [0.2, 0.25) is 0 Å². The number of aromatic amines is 1. The van der Waals surface area contributed by atoms with Crippen LogP contribution >= 0.6 is 11.6 Å². The Bertz CT molecular complexity index is 534. The van der Waals surface area contributed by atoms with Gasteiger partial charge in [-0.2, -0.15) is 0 Å². The van der Waals surface area contributed by atoms with E-state index in [0.29, 0.717) is 10.6 Å². The molecule has 17 heavy (non-hydrogen) atoms. The molecule has 2 N–H and O–H groups in total. The van der Waals surface area contributed by atoms with Crippen molar-refractivity contribution in [3.8, 4) is 11.1 Å². The molecule has 0 saturated carbocycles. The molecule has 0 spiro atoms. The van der Waals surface area contributed by atoms with Crippen LogP contribution in [0.5, 0.6) is 0 Å². The third-order valence-corrected chi connectivity index (χ3v) is 3.09. The fourth-order valence-electron chi connectivity index (χ4n) is 1.67. The van der Waals surface area contributed by atoms with Gasteiger partial charge < -0.3 is 10.1 Å². The van der Waals surface area contributed by atoms with Gasteiger partial charge >= 0.3 is 5.97 Å². The summed E-state index contributed by atoms with van der Waals surface area (Å²) in [6.45, 7) is 1.64. The molecule has 3 nitrogen and oxygen atoms in total. The molecule has 1 atom stereocenters. The van der Waals surface area contributed by atoms with Crippen LogP contribution in [0.1, 0.15) is 18.4 Å². The molecule has 0 bridgehead atoms. The van der Waals surface area contributed by atoms with Crippen LogP contribution < -0.4 is 0 Å². The second-order valence-corrected chi connectivity index (χ2v) is 4.31. The molecule has 1 aromatic carbocycles. The van der Waals surface area contributed by atoms with Gasteiger partial charge in [0.15, 0.2) is 0 Å². The van der Waals surface area contributed by atoms with Crippen LogP contribution in [0.15, 0.2) is 36.7 Å². The molecular weight excluding hydrogens is 238 g/mol. The number of hydrogen-bond donors (Lipinski definition) is 2. The molecule has 0 aliphatic heterocycles. The number of benzene rings is 1. The minimum Gasteiger partial charge on any atom is -0.481 e. The molecule has 1 aromatic heterocycles. The Morgan fingerprint density at radius 2 is 2.18 bits per heavy atom. The second-order valence-electron chi connectivity index (χ2n) is 3.90. The van der Waals surface area contributed by atoms with Crippen molar-refractivity contribution in [2.75, 3.05) is 0 Å². The summed E-state index contributed by atoms with van der Waals surface area (Å²) < 4.78 is 0. The standard InChI is InChI=1S/C13H12ClNO2/c1-8(13(16)17)9-2-3-11(12(14)6-9)10-4-5-15-7-10/h2-8,15H,1H3,(H,16,17). The predicted molar refractivity (Wildman–Crippen MR) is 67.3 cm³/mol. The van der Waals surface area contributed by atoms with Crippen molar-refractivity contribution < 1.29 is 9.90 Å². The van der Waals surface area contributed by atoms with Gasteiger partial charge in [0.1, 0.15) is 0 Å².